The van der Waals surface area contributed by atoms with Crippen LogP contribution in [0.15, 0.2) is 36.7 Å². The molecule has 0 amide bonds. The topological polar surface area (TPSA) is 50.2 Å². The largest absolute Gasteiger partial charge is 0.481 e. The lowest BCUT2D eigenvalue weighted by molar-refractivity contribution is -0.139. The maximum Gasteiger partial charge on any atom is 0.311 e. The molecule has 3 nitrogen and oxygen atoms in total. The number of carboxylic acids is 1. The van der Waals surface area contributed by atoms with Crippen LogP contribution in [0, 0.1) is 5.92 Å². The van der Waals surface area contributed by atoms with Gasteiger partial charge in [-0.3, -0.25) is 9.78 Å². The van der Waals surface area contributed by atoms with Crippen molar-refractivity contribution in [3.63, 3.8) is 0 Å². The molecule has 1 heterocycles. The molecule has 0 aliphatic heterocycles. The van der Waals surface area contributed by atoms with E-state index in [0.717, 1.165) is 16.3 Å². The summed E-state index contributed by atoms with van der Waals surface area (Å²) < 4.78 is 0. The summed E-state index contributed by atoms with van der Waals surface area (Å²) in [7, 11) is 0. The van der Waals surface area contributed by atoms with Gasteiger partial charge in [-0.25, -0.2) is 0 Å². The highest BCUT2D eigenvalue weighted by atomic mass is 16.4. The van der Waals surface area contributed by atoms with Gasteiger partial charge >= 0.3 is 5.97 Å². The summed E-state index contributed by atoms with van der Waals surface area (Å²) in [6.07, 6.45) is 3.46. The summed E-state index contributed by atoms with van der Waals surface area (Å²) in [5, 5.41) is 11.3. The third kappa shape index (κ3) is 2.13. The fourth-order valence-corrected chi connectivity index (χ4v) is 2.20. The van der Waals surface area contributed by atoms with Crippen LogP contribution in [0.2, 0.25) is 0 Å². The molecule has 88 valence electrons. The van der Waals surface area contributed by atoms with Crippen LogP contribution in [0.25, 0.3) is 10.8 Å². The molecular weight excluding hydrogens is 214 g/mol. The number of carboxylic acid groups (broad SMARTS) is 1. The van der Waals surface area contributed by atoms with Crippen molar-refractivity contribution in [1.82, 2.24) is 4.98 Å². The second-order valence-electron chi connectivity index (χ2n) is 4.50. The maximum absolute atomic E-state index is 11.4. The number of carbonyl (C=O) groups is 1. The fourth-order valence-electron chi connectivity index (χ4n) is 2.20. The number of benzene rings is 1. The summed E-state index contributed by atoms with van der Waals surface area (Å²) in [6.45, 7) is 3.86. The molecule has 1 N–H and O–H groups in total. The van der Waals surface area contributed by atoms with Crippen LogP contribution in [-0.4, -0.2) is 16.1 Å². The summed E-state index contributed by atoms with van der Waals surface area (Å²) in [6, 6.07) is 7.60. The van der Waals surface area contributed by atoms with Gasteiger partial charge in [0.05, 0.1) is 5.92 Å². The minimum atomic E-state index is -0.774. The Morgan fingerprint density at radius 2 is 2.06 bits per heavy atom. The Morgan fingerprint density at radius 3 is 2.71 bits per heavy atom. The van der Waals surface area contributed by atoms with Crippen molar-refractivity contribution in [2.24, 2.45) is 5.92 Å². The van der Waals surface area contributed by atoms with E-state index in [1.54, 1.807) is 12.4 Å². The minimum absolute atomic E-state index is 0.0614. The van der Waals surface area contributed by atoms with Crippen LogP contribution < -0.4 is 0 Å². The fraction of sp³-hybridized carbons (Fsp3) is 0.286. The second kappa shape index (κ2) is 4.53. The normalized spacial score (nSPS) is 12.9. The molecule has 0 aliphatic rings. The number of rotatable bonds is 3. The lowest BCUT2D eigenvalue weighted by Crippen LogP contribution is -2.17. The molecule has 0 spiro atoms. The van der Waals surface area contributed by atoms with Gasteiger partial charge in [-0.15, -0.1) is 0 Å². The standard InChI is InChI=1S/C14H15NO2/c1-9(2)13(14(16)17)12-5-3-4-10-8-15-7-6-11(10)12/h3-9,13H,1-2H3,(H,16,17). The molecule has 0 fully saturated rings. The van der Waals surface area contributed by atoms with Crippen molar-refractivity contribution < 1.29 is 9.90 Å². The highest BCUT2D eigenvalue weighted by Crippen LogP contribution is 2.30. The molecule has 0 saturated heterocycles. The average Bonchev–Trinajstić information content (AvgIpc) is 2.28. The third-order valence-electron chi connectivity index (χ3n) is 2.98. The number of fused-ring (bicyclic) bond motifs is 1. The Bertz CT molecular complexity index is 543. The third-order valence-corrected chi connectivity index (χ3v) is 2.98. The zero-order valence-corrected chi connectivity index (χ0v) is 9.92. The van der Waals surface area contributed by atoms with Crippen LogP contribution in [0.1, 0.15) is 25.3 Å². The zero-order chi connectivity index (χ0) is 12.4. The number of nitrogens with zero attached hydrogens (tertiary/aromatic N) is 1. The van der Waals surface area contributed by atoms with Gasteiger partial charge < -0.3 is 5.11 Å². The molecule has 2 aromatic rings. The van der Waals surface area contributed by atoms with Gasteiger partial charge in [0.1, 0.15) is 0 Å². The van der Waals surface area contributed by atoms with Crippen molar-refractivity contribution in [1.29, 1.82) is 0 Å². The van der Waals surface area contributed by atoms with Crippen molar-refractivity contribution in [3.8, 4) is 0 Å². The molecule has 0 bridgehead atoms. The van der Waals surface area contributed by atoms with Crippen LogP contribution in [0.3, 0.4) is 0 Å². The number of aromatic nitrogens is 1. The van der Waals surface area contributed by atoms with Gasteiger partial charge in [-0.05, 0) is 22.9 Å². The Balaban J connectivity index is 2.65. The molecule has 0 aliphatic carbocycles. The van der Waals surface area contributed by atoms with Crippen molar-refractivity contribution >= 4 is 16.7 Å². The van der Waals surface area contributed by atoms with Crippen molar-refractivity contribution in [2.45, 2.75) is 19.8 Å². The van der Waals surface area contributed by atoms with Gasteiger partial charge in [-0.2, -0.15) is 0 Å². The van der Waals surface area contributed by atoms with Gasteiger partial charge in [-0.1, -0.05) is 32.0 Å². The quantitative estimate of drug-likeness (QED) is 0.880. The Hall–Kier alpha value is -1.90. The molecule has 2 rings (SSSR count). The Morgan fingerprint density at radius 1 is 1.29 bits per heavy atom. The number of pyridine rings is 1. The highest BCUT2D eigenvalue weighted by Gasteiger charge is 2.24. The molecule has 1 atom stereocenters. The predicted molar refractivity (Wildman–Crippen MR) is 67.0 cm³/mol. The summed E-state index contributed by atoms with van der Waals surface area (Å²) in [5.41, 5.74) is 0.868. The van der Waals surface area contributed by atoms with Crippen LogP contribution in [-0.2, 0) is 4.79 Å². The van der Waals surface area contributed by atoms with Crippen molar-refractivity contribution in [3.05, 3.63) is 42.2 Å². The smallest absolute Gasteiger partial charge is 0.311 e. The number of aliphatic carboxylic acids is 1. The van der Waals surface area contributed by atoms with Gasteiger partial charge in [0, 0.05) is 17.8 Å². The van der Waals surface area contributed by atoms with E-state index in [4.69, 9.17) is 0 Å². The molecular formula is C14H15NO2. The van der Waals surface area contributed by atoms with Gasteiger partial charge in [0.2, 0.25) is 0 Å². The van der Waals surface area contributed by atoms with E-state index < -0.39 is 11.9 Å². The molecule has 1 unspecified atom stereocenters. The molecule has 0 saturated carbocycles. The summed E-state index contributed by atoms with van der Waals surface area (Å²) in [4.78, 5) is 15.4. The van der Waals surface area contributed by atoms with Gasteiger partial charge in [0.25, 0.3) is 0 Å². The van der Waals surface area contributed by atoms with E-state index in [0.29, 0.717) is 0 Å². The predicted octanol–water partition coefficient (Wildman–Crippen LogP) is 3.06. The lowest BCUT2D eigenvalue weighted by Gasteiger charge is -2.18. The van der Waals surface area contributed by atoms with E-state index in [-0.39, 0.29) is 5.92 Å². The van der Waals surface area contributed by atoms with E-state index in [1.165, 1.54) is 0 Å². The number of hydrogen-bond donors (Lipinski definition) is 1. The van der Waals surface area contributed by atoms with E-state index >= 15 is 0 Å². The molecule has 1 aromatic carbocycles. The molecule has 0 radical (unpaired) electrons. The Kier molecular flexibility index (Phi) is 3.09. The molecule has 3 heteroatoms. The number of hydrogen-bond acceptors (Lipinski definition) is 2. The van der Waals surface area contributed by atoms with E-state index in [1.807, 2.05) is 38.1 Å². The highest BCUT2D eigenvalue weighted by molar-refractivity contribution is 5.90. The first-order valence-electron chi connectivity index (χ1n) is 5.66. The lowest BCUT2D eigenvalue weighted by atomic mass is 9.86. The van der Waals surface area contributed by atoms with Crippen LogP contribution >= 0.6 is 0 Å². The monoisotopic (exact) mass is 229 g/mol. The first kappa shape index (κ1) is 11.6. The zero-order valence-electron chi connectivity index (χ0n) is 9.92. The second-order valence-corrected chi connectivity index (χ2v) is 4.50. The Labute approximate surface area is 100 Å². The summed E-state index contributed by atoms with van der Waals surface area (Å²) >= 11 is 0. The minimum Gasteiger partial charge on any atom is -0.481 e. The van der Waals surface area contributed by atoms with E-state index in [2.05, 4.69) is 4.98 Å². The average molecular weight is 229 g/mol. The van der Waals surface area contributed by atoms with E-state index in [9.17, 15) is 9.90 Å². The van der Waals surface area contributed by atoms with Gasteiger partial charge in [0.15, 0.2) is 0 Å². The first-order chi connectivity index (χ1) is 8.11. The van der Waals surface area contributed by atoms with Crippen molar-refractivity contribution in [2.75, 3.05) is 0 Å². The maximum atomic E-state index is 11.4. The first-order valence-corrected chi connectivity index (χ1v) is 5.66. The SMILES string of the molecule is CC(C)C(C(=O)O)c1cccc2cnccc12. The summed E-state index contributed by atoms with van der Waals surface area (Å²) in [5.74, 6) is -1.18. The molecule has 1 aromatic heterocycles. The molecule has 17 heavy (non-hydrogen) atoms. The van der Waals surface area contributed by atoms with Crippen LogP contribution in [0.4, 0.5) is 0 Å². The van der Waals surface area contributed by atoms with Crippen LogP contribution in [0.5, 0.6) is 0 Å².